The highest BCUT2D eigenvalue weighted by atomic mass is 16.6. The lowest BCUT2D eigenvalue weighted by atomic mass is 10.1. The van der Waals surface area contributed by atoms with Gasteiger partial charge in [0.25, 0.3) is 5.91 Å². The third-order valence-corrected chi connectivity index (χ3v) is 4.63. The summed E-state index contributed by atoms with van der Waals surface area (Å²) in [5.41, 5.74) is 3.53. The fourth-order valence-corrected chi connectivity index (χ4v) is 3.19. The molecule has 1 aromatic heterocycles. The number of rotatable bonds is 6. The number of anilines is 1. The van der Waals surface area contributed by atoms with E-state index in [1.54, 1.807) is 25.1 Å². The molecular weight excluding hydrogens is 398 g/mol. The van der Waals surface area contributed by atoms with E-state index in [2.05, 4.69) is 10.3 Å². The van der Waals surface area contributed by atoms with Crippen LogP contribution in [0.1, 0.15) is 22.8 Å². The zero-order valence-corrected chi connectivity index (χ0v) is 16.9. The maximum atomic E-state index is 12.6. The molecule has 0 aliphatic rings. The summed E-state index contributed by atoms with van der Waals surface area (Å²) >= 11 is 0. The van der Waals surface area contributed by atoms with Crippen LogP contribution in [0, 0.1) is 17.0 Å². The van der Waals surface area contributed by atoms with Crippen molar-refractivity contribution in [3.8, 4) is 17.2 Å². The second-order valence-electron chi connectivity index (χ2n) is 6.90. The quantitative estimate of drug-likeness (QED) is 0.334. The van der Waals surface area contributed by atoms with Crippen molar-refractivity contribution < 1.29 is 18.9 Å². The van der Waals surface area contributed by atoms with Crippen molar-refractivity contribution in [3.63, 3.8) is 0 Å². The summed E-state index contributed by atoms with van der Waals surface area (Å²) in [6.07, 6.45) is 0. The van der Waals surface area contributed by atoms with Crippen LogP contribution in [0.3, 0.4) is 0 Å². The van der Waals surface area contributed by atoms with E-state index in [0.29, 0.717) is 22.7 Å². The molecule has 0 fully saturated rings. The Labute approximate surface area is 177 Å². The Bertz CT molecular complexity index is 1300. The molecule has 156 valence electrons. The first-order valence-corrected chi connectivity index (χ1v) is 9.65. The highest BCUT2D eigenvalue weighted by Gasteiger charge is 2.19. The first-order valence-electron chi connectivity index (χ1n) is 9.65. The van der Waals surface area contributed by atoms with Crippen LogP contribution >= 0.6 is 0 Å². The van der Waals surface area contributed by atoms with Gasteiger partial charge in [-0.15, -0.1) is 0 Å². The number of carbonyl (C=O) groups is 1. The lowest BCUT2D eigenvalue weighted by Crippen LogP contribution is -2.12. The molecule has 4 aromatic rings. The molecule has 31 heavy (non-hydrogen) atoms. The second kappa shape index (κ2) is 8.27. The molecule has 4 rings (SSSR count). The van der Waals surface area contributed by atoms with E-state index in [9.17, 15) is 14.9 Å². The molecule has 1 amide bonds. The number of fused-ring (bicyclic) bond motifs is 1. The van der Waals surface area contributed by atoms with Gasteiger partial charge >= 0.3 is 5.69 Å². The second-order valence-corrected chi connectivity index (χ2v) is 6.90. The summed E-state index contributed by atoms with van der Waals surface area (Å²) < 4.78 is 11.1. The van der Waals surface area contributed by atoms with Crippen LogP contribution in [0.2, 0.25) is 0 Å². The van der Waals surface area contributed by atoms with Crippen LogP contribution in [-0.4, -0.2) is 22.4 Å². The standard InChI is InChI=1S/C23H19N3O5/c1-3-30-21-9-7-15(12-19(21)26(28)29)22(27)24-17-8-10-20-18(13-17)25-23(31-20)16-6-4-5-14(2)11-16/h4-13H,3H2,1-2H3,(H,24,27). The predicted octanol–water partition coefficient (Wildman–Crippen LogP) is 5.36. The van der Waals surface area contributed by atoms with Crippen molar-refractivity contribution in [2.45, 2.75) is 13.8 Å². The highest BCUT2D eigenvalue weighted by Crippen LogP contribution is 2.29. The maximum absolute atomic E-state index is 12.6. The topological polar surface area (TPSA) is 108 Å². The number of carbonyl (C=O) groups excluding carboxylic acids is 1. The van der Waals surface area contributed by atoms with Crippen molar-refractivity contribution in [1.82, 2.24) is 4.98 Å². The number of aryl methyl sites for hydroxylation is 1. The number of ether oxygens (including phenoxy) is 1. The Morgan fingerprint density at radius 2 is 2.00 bits per heavy atom. The zero-order valence-electron chi connectivity index (χ0n) is 16.9. The maximum Gasteiger partial charge on any atom is 0.311 e. The smallest absolute Gasteiger partial charge is 0.311 e. The third-order valence-electron chi connectivity index (χ3n) is 4.63. The van der Waals surface area contributed by atoms with Crippen molar-refractivity contribution in [2.24, 2.45) is 0 Å². The molecule has 8 nitrogen and oxygen atoms in total. The molecule has 0 radical (unpaired) electrons. The normalized spacial score (nSPS) is 10.8. The number of aromatic nitrogens is 1. The number of nitrogens with zero attached hydrogens (tertiary/aromatic N) is 2. The van der Waals surface area contributed by atoms with Gasteiger partial charge in [-0.05, 0) is 56.3 Å². The molecular formula is C23H19N3O5. The van der Waals surface area contributed by atoms with Crippen molar-refractivity contribution in [1.29, 1.82) is 0 Å². The number of nitro benzene ring substituents is 1. The fraction of sp³-hybridized carbons (Fsp3) is 0.130. The van der Waals surface area contributed by atoms with E-state index in [4.69, 9.17) is 9.15 Å². The average Bonchev–Trinajstić information content (AvgIpc) is 3.17. The van der Waals surface area contributed by atoms with Crippen molar-refractivity contribution in [3.05, 3.63) is 81.9 Å². The van der Waals surface area contributed by atoms with Crippen LogP contribution < -0.4 is 10.1 Å². The van der Waals surface area contributed by atoms with Gasteiger partial charge in [0.05, 0.1) is 11.5 Å². The number of benzene rings is 3. The monoisotopic (exact) mass is 417 g/mol. The van der Waals surface area contributed by atoms with Gasteiger partial charge in [-0.2, -0.15) is 0 Å². The van der Waals surface area contributed by atoms with E-state index < -0.39 is 10.8 Å². The van der Waals surface area contributed by atoms with E-state index in [1.807, 2.05) is 31.2 Å². The first kappa shape index (κ1) is 20.1. The fourth-order valence-electron chi connectivity index (χ4n) is 3.19. The SMILES string of the molecule is CCOc1ccc(C(=O)Nc2ccc3oc(-c4cccc(C)c4)nc3c2)cc1[N+](=O)[O-]. The molecule has 3 aromatic carbocycles. The molecule has 0 bridgehead atoms. The minimum absolute atomic E-state index is 0.122. The average molecular weight is 417 g/mol. The molecule has 0 saturated carbocycles. The molecule has 0 saturated heterocycles. The van der Waals surface area contributed by atoms with Gasteiger partial charge in [0.2, 0.25) is 5.89 Å². The number of nitrogens with one attached hydrogen (secondary N) is 1. The molecule has 0 atom stereocenters. The van der Waals surface area contributed by atoms with Crippen LogP contribution in [0.4, 0.5) is 11.4 Å². The Hall–Kier alpha value is -4.20. The number of amides is 1. The molecule has 8 heteroatoms. The van der Waals surface area contributed by atoms with E-state index in [0.717, 1.165) is 11.1 Å². The minimum Gasteiger partial charge on any atom is -0.487 e. The van der Waals surface area contributed by atoms with E-state index in [-0.39, 0.29) is 23.6 Å². The Morgan fingerprint density at radius 1 is 1.16 bits per heavy atom. The van der Waals surface area contributed by atoms with Gasteiger partial charge < -0.3 is 14.5 Å². The highest BCUT2D eigenvalue weighted by molar-refractivity contribution is 6.05. The van der Waals surface area contributed by atoms with Gasteiger partial charge in [-0.25, -0.2) is 4.98 Å². The summed E-state index contributed by atoms with van der Waals surface area (Å²) in [7, 11) is 0. The summed E-state index contributed by atoms with van der Waals surface area (Å²) in [4.78, 5) is 27.9. The third kappa shape index (κ3) is 4.23. The Balaban J connectivity index is 1.59. The van der Waals surface area contributed by atoms with Crippen LogP contribution in [0.5, 0.6) is 5.75 Å². The molecule has 0 aliphatic carbocycles. The summed E-state index contributed by atoms with van der Waals surface area (Å²) in [6.45, 7) is 4.01. The number of oxazole rings is 1. The largest absolute Gasteiger partial charge is 0.487 e. The molecule has 0 unspecified atom stereocenters. The van der Waals surface area contributed by atoms with Gasteiger partial charge in [0.1, 0.15) is 5.52 Å². The molecule has 0 aliphatic heterocycles. The summed E-state index contributed by atoms with van der Waals surface area (Å²) in [5.74, 6) is 0.133. The van der Waals surface area contributed by atoms with Gasteiger partial charge in [0.15, 0.2) is 11.3 Å². The van der Waals surface area contributed by atoms with E-state index in [1.165, 1.54) is 18.2 Å². The van der Waals surface area contributed by atoms with Gasteiger partial charge in [-0.3, -0.25) is 14.9 Å². The van der Waals surface area contributed by atoms with Crippen LogP contribution in [-0.2, 0) is 0 Å². The first-order chi connectivity index (χ1) is 14.9. The number of hydrogen-bond acceptors (Lipinski definition) is 6. The number of nitro groups is 1. The zero-order chi connectivity index (χ0) is 22.0. The summed E-state index contributed by atoms with van der Waals surface area (Å²) in [6, 6.07) is 17.0. The lowest BCUT2D eigenvalue weighted by molar-refractivity contribution is -0.385. The van der Waals surface area contributed by atoms with Crippen LogP contribution in [0.25, 0.3) is 22.6 Å². The van der Waals surface area contributed by atoms with Crippen LogP contribution in [0.15, 0.2) is 65.1 Å². The van der Waals surface area contributed by atoms with E-state index >= 15 is 0 Å². The Morgan fingerprint density at radius 3 is 2.74 bits per heavy atom. The lowest BCUT2D eigenvalue weighted by Gasteiger charge is -2.07. The predicted molar refractivity (Wildman–Crippen MR) is 116 cm³/mol. The number of hydrogen-bond donors (Lipinski definition) is 1. The van der Waals surface area contributed by atoms with Crippen molar-refractivity contribution in [2.75, 3.05) is 11.9 Å². The van der Waals surface area contributed by atoms with Crippen molar-refractivity contribution >= 4 is 28.4 Å². The van der Waals surface area contributed by atoms with Gasteiger partial charge in [-0.1, -0.05) is 17.7 Å². The Kier molecular flexibility index (Phi) is 5.36. The molecule has 0 spiro atoms. The minimum atomic E-state index is -0.573. The summed E-state index contributed by atoms with van der Waals surface area (Å²) in [5, 5.41) is 14.0. The molecule has 1 heterocycles. The molecule has 1 N–H and O–H groups in total. The van der Waals surface area contributed by atoms with Gasteiger partial charge in [0, 0.05) is 22.9 Å².